The van der Waals surface area contributed by atoms with Crippen molar-refractivity contribution in [2.24, 2.45) is 11.8 Å². The molecule has 0 heterocycles. The summed E-state index contributed by atoms with van der Waals surface area (Å²) >= 11 is 11.9. The van der Waals surface area contributed by atoms with Gasteiger partial charge < -0.3 is 0 Å². The van der Waals surface area contributed by atoms with E-state index >= 15 is 0 Å². The number of hydrogen-bond acceptors (Lipinski definition) is 1. The fourth-order valence-corrected chi connectivity index (χ4v) is 2.79. The van der Waals surface area contributed by atoms with Crippen molar-refractivity contribution < 1.29 is 0 Å². The quantitative estimate of drug-likeness (QED) is 0.754. The minimum Gasteiger partial charge on any atom is -0.197 e. The van der Waals surface area contributed by atoms with E-state index in [9.17, 15) is 5.26 Å². The maximum Gasteiger partial charge on any atom is 0.0828 e. The molecule has 1 aromatic carbocycles. The van der Waals surface area contributed by atoms with Gasteiger partial charge in [-0.15, -0.1) is 0 Å². The first-order valence-electron chi connectivity index (χ1n) is 5.85. The lowest BCUT2D eigenvalue weighted by Crippen LogP contribution is -2.42. The van der Waals surface area contributed by atoms with Crippen molar-refractivity contribution in [3.8, 4) is 6.07 Å². The molecule has 1 aliphatic carbocycles. The molecule has 0 radical (unpaired) electrons. The van der Waals surface area contributed by atoms with Gasteiger partial charge in [0, 0.05) is 0 Å². The van der Waals surface area contributed by atoms with Crippen LogP contribution in [0.25, 0.3) is 0 Å². The maximum absolute atomic E-state index is 9.42. The van der Waals surface area contributed by atoms with Crippen molar-refractivity contribution in [3.05, 3.63) is 33.8 Å². The van der Waals surface area contributed by atoms with E-state index in [-0.39, 0.29) is 5.41 Å². The highest BCUT2D eigenvalue weighted by molar-refractivity contribution is 6.42. The molecule has 0 saturated heterocycles. The van der Waals surface area contributed by atoms with E-state index in [0.717, 1.165) is 18.4 Å². The summed E-state index contributed by atoms with van der Waals surface area (Å²) in [5, 5.41) is 10.5. The van der Waals surface area contributed by atoms with E-state index in [1.165, 1.54) is 0 Å². The Morgan fingerprint density at radius 1 is 1.29 bits per heavy atom. The van der Waals surface area contributed by atoms with E-state index in [1.807, 2.05) is 12.1 Å². The molecule has 1 aliphatic rings. The molecule has 0 atom stereocenters. The van der Waals surface area contributed by atoms with Crippen LogP contribution >= 0.6 is 23.2 Å². The van der Waals surface area contributed by atoms with Crippen molar-refractivity contribution in [3.63, 3.8) is 0 Å². The summed E-state index contributed by atoms with van der Waals surface area (Å²) < 4.78 is 0. The smallest absolute Gasteiger partial charge is 0.0828 e. The van der Waals surface area contributed by atoms with Gasteiger partial charge in [0.25, 0.3) is 0 Å². The van der Waals surface area contributed by atoms with Crippen LogP contribution in [0.1, 0.15) is 32.3 Å². The number of halogens is 2. The van der Waals surface area contributed by atoms with Crippen LogP contribution in [0.2, 0.25) is 10.0 Å². The standard InChI is InChI=1S/C14H15Cl2N/c1-9(2)10-6-14(7-10,8-17)11-3-4-12(15)13(16)5-11/h3-5,9-10H,6-7H2,1-2H3. The molecule has 17 heavy (non-hydrogen) atoms. The fourth-order valence-electron chi connectivity index (χ4n) is 2.49. The van der Waals surface area contributed by atoms with Crippen molar-refractivity contribution in [1.82, 2.24) is 0 Å². The van der Waals surface area contributed by atoms with E-state index in [1.54, 1.807) is 6.07 Å². The summed E-state index contributed by atoms with van der Waals surface area (Å²) in [4.78, 5) is 0. The van der Waals surface area contributed by atoms with Gasteiger partial charge in [0.15, 0.2) is 0 Å². The highest BCUT2D eigenvalue weighted by atomic mass is 35.5. The molecule has 1 aromatic rings. The molecular formula is C14H15Cl2N. The number of nitriles is 1. The molecular weight excluding hydrogens is 253 g/mol. The number of hydrogen-bond donors (Lipinski definition) is 0. The van der Waals surface area contributed by atoms with Gasteiger partial charge in [0.05, 0.1) is 21.5 Å². The Kier molecular flexibility index (Phi) is 3.39. The summed E-state index contributed by atoms with van der Waals surface area (Å²) in [6, 6.07) is 8.00. The van der Waals surface area contributed by atoms with Gasteiger partial charge in [-0.25, -0.2) is 0 Å². The predicted octanol–water partition coefficient (Wildman–Crippen LogP) is 4.82. The molecule has 1 fully saturated rings. The van der Waals surface area contributed by atoms with Crippen LogP contribution < -0.4 is 0 Å². The SMILES string of the molecule is CC(C)C1CC(C#N)(c2ccc(Cl)c(Cl)c2)C1. The number of nitrogens with zero attached hydrogens (tertiary/aromatic N) is 1. The van der Waals surface area contributed by atoms with Crippen molar-refractivity contribution in [2.45, 2.75) is 32.1 Å². The van der Waals surface area contributed by atoms with E-state index in [0.29, 0.717) is 21.9 Å². The van der Waals surface area contributed by atoms with E-state index in [4.69, 9.17) is 23.2 Å². The van der Waals surface area contributed by atoms with Crippen molar-refractivity contribution in [2.75, 3.05) is 0 Å². The zero-order valence-corrected chi connectivity index (χ0v) is 11.5. The highest BCUT2D eigenvalue weighted by Crippen LogP contribution is 2.50. The summed E-state index contributed by atoms with van der Waals surface area (Å²) in [7, 11) is 0. The molecule has 0 N–H and O–H groups in total. The molecule has 0 spiro atoms. The summed E-state index contributed by atoms with van der Waals surface area (Å²) in [5.74, 6) is 1.28. The first-order chi connectivity index (χ1) is 7.98. The summed E-state index contributed by atoms with van der Waals surface area (Å²) in [6.45, 7) is 4.42. The van der Waals surface area contributed by atoms with Crippen LogP contribution in [-0.4, -0.2) is 0 Å². The predicted molar refractivity (Wildman–Crippen MR) is 71.3 cm³/mol. The second-order valence-electron chi connectivity index (χ2n) is 5.24. The molecule has 1 nitrogen and oxygen atoms in total. The lowest BCUT2D eigenvalue weighted by atomic mass is 9.56. The Hall–Kier alpha value is -0.710. The Morgan fingerprint density at radius 2 is 1.94 bits per heavy atom. The van der Waals surface area contributed by atoms with Crippen molar-refractivity contribution >= 4 is 23.2 Å². The average Bonchev–Trinajstić information content (AvgIpc) is 2.22. The Labute approximate surface area is 112 Å². The average molecular weight is 268 g/mol. The lowest BCUT2D eigenvalue weighted by molar-refractivity contribution is 0.145. The first kappa shape index (κ1) is 12.7. The van der Waals surface area contributed by atoms with Crippen LogP contribution in [0.15, 0.2) is 18.2 Å². The van der Waals surface area contributed by atoms with Crippen LogP contribution in [0.5, 0.6) is 0 Å². The molecule has 0 bridgehead atoms. The third-order valence-corrected chi connectivity index (χ3v) is 4.59. The Morgan fingerprint density at radius 3 is 2.41 bits per heavy atom. The summed E-state index contributed by atoms with van der Waals surface area (Å²) in [5.41, 5.74) is 0.662. The maximum atomic E-state index is 9.42. The summed E-state index contributed by atoms with van der Waals surface area (Å²) in [6.07, 6.45) is 1.86. The van der Waals surface area contributed by atoms with Crippen LogP contribution in [0.4, 0.5) is 0 Å². The third-order valence-electron chi connectivity index (χ3n) is 3.85. The second-order valence-corrected chi connectivity index (χ2v) is 6.05. The topological polar surface area (TPSA) is 23.8 Å². The molecule has 3 heteroatoms. The van der Waals surface area contributed by atoms with Crippen LogP contribution in [0.3, 0.4) is 0 Å². The lowest BCUT2D eigenvalue weighted by Gasteiger charge is -2.45. The van der Waals surface area contributed by atoms with E-state index < -0.39 is 0 Å². The second kappa shape index (κ2) is 4.52. The number of benzene rings is 1. The third kappa shape index (κ3) is 2.17. The van der Waals surface area contributed by atoms with Crippen molar-refractivity contribution in [1.29, 1.82) is 5.26 Å². The fraction of sp³-hybridized carbons (Fsp3) is 0.500. The minimum absolute atomic E-state index is 0.344. The van der Waals surface area contributed by atoms with Gasteiger partial charge >= 0.3 is 0 Å². The molecule has 0 amide bonds. The zero-order valence-electron chi connectivity index (χ0n) is 10.0. The van der Waals surface area contributed by atoms with Gasteiger partial charge in [-0.3, -0.25) is 0 Å². The molecule has 2 rings (SSSR count). The monoisotopic (exact) mass is 267 g/mol. The highest BCUT2D eigenvalue weighted by Gasteiger charge is 2.47. The molecule has 0 unspecified atom stereocenters. The van der Waals surface area contributed by atoms with Gasteiger partial charge in [0.1, 0.15) is 0 Å². The van der Waals surface area contributed by atoms with Crippen LogP contribution in [-0.2, 0) is 5.41 Å². The largest absolute Gasteiger partial charge is 0.197 e. The van der Waals surface area contributed by atoms with Gasteiger partial charge in [-0.1, -0.05) is 43.1 Å². The molecule has 0 aliphatic heterocycles. The van der Waals surface area contributed by atoms with Gasteiger partial charge in [0.2, 0.25) is 0 Å². The molecule has 90 valence electrons. The Balaban J connectivity index is 2.27. The molecule has 0 aromatic heterocycles. The Bertz CT molecular complexity index is 468. The first-order valence-corrected chi connectivity index (χ1v) is 6.61. The van der Waals surface area contributed by atoms with Gasteiger partial charge in [-0.2, -0.15) is 5.26 Å². The minimum atomic E-state index is -0.344. The van der Waals surface area contributed by atoms with E-state index in [2.05, 4.69) is 19.9 Å². The van der Waals surface area contributed by atoms with Gasteiger partial charge in [-0.05, 0) is 42.4 Å². The normalized spacial score (nSPS) is 27.6. The zero-order chi connectivity index (χ0) is 12.6. The number of rotatable bonds is 2. The molecule has 1 saturated carbocycles. The van der Waals surface area contributed by atoms with Crippen LogP contribution in [0, 0.1) is 23.2 Å².